The van der Waals surface area contributed by atoms with Crippen LogP contribution in [0.25, 0.3) is 5.76 Å². The first-order valence-electron chi connectivity index (χ1n) is 5.71. The molecule has 0 amide bonds. The average molecular weight is 294 g/mol. The van der Waals surface area contributed by atoms with E-state index in [9.17, 15) is 0 Å². The summed E-state index contributed by atoms with van der Waals surface area (Å²) in [4.78, 5) is 0. The lowest BCUT2D eigenvalue weighted by atomic mass is 10.2. The van der Waals surface area contributed by atoms with Crippen molar-refractivity contribution in [2.24, 2.45) is 0 Å². The van der Waals surface area contributed by atoms with Gasteiger partial charge in [-0.25, -0.2) is 0 Å². The third-order valence-corrected chi connectivity index (χ3v) is 2.95. The summed E-state index contributed by atoms with van der Waals surface area (Å²) < 4.78 is 5.35. The SMILES string of the molecule is CO/C(=C/Nc1ccccc1)c1cc(Cl)cc(Cl)c1. The Morgan fingerprint density at radius 3 is 2.26 bits per heavy atom. The molecule has 2 aromatic carbocycles. The van der Waals surface area contributed by atoms with Crippen LogP contribution >= 0.6 is 23.2 Å². The molecule has 0 saturated carbocycles. The topological polar surface area (TPSA) is 21.3 Å². The molecule has 0 aromatic heterocycles. The van der Waals surface area contributed by atoms with Gasteiger partial charge in [-0.15, -0.1) is 0 Å². The summed E-state index contributed by atoms with van der Waals surface area (Å²) in [6, 6.07) is 15.1. The zero-order chi connectivity index (χ0) is 13.7. The molecule has 0 aliphatic carbocycles. The Kier molecular flexibility index (Phi) is 4.72. The average Bonchev–Trinajstić information content (AvgIpc) is 2.39. The molecule has 0 heterocycles. The number of halogens is 2. The predicted octanol–water partition coefficient (Wildman–Crippen LogP) is 5.05. The van der Waals surface area contributed by atoms with E-state index in [4.69, 9.17) is 27.9 Å². The summed E-state index contributed by atoms with van der Waals surface area (Å²) in [6.07, 6.45) is 1.78. The van der Waals surface area contributed by atoms with Gasteiger partial charge >= 0.3 is 0 Å². The zero-order valence-electron chi connectivity index (χ0n) is 10.4. The Morgan fingerprint density at radius 1 is 1.05 bits per heavy atom. The Labute approximate surface area is 122 Å². The summed E-state index contributed by atoms with van der Waals surface area (Å²) in [7, 11) is 1.60. The van der Waals surface area contributed by atoms with E-state index in [1.54, 1.807) is 31.5 Å². The molecule has 0 radical (unpaired) electrons. The highest BCUT2D eigenvalue weighted by Gasteiger charge is 2.04. The molecule has 0 spiro atoms. The normalized spacial score (nSPS) is 11.2. The van der Waals surface area contributed by atoms with Crippen molar-refractivity contribution < 1.29 is 4.74 Å². The lowest BCUT2D eigenvalue weighted by Crippen LogP contribution is -1.94. The minimum atomic E-state index is 0.574. The number of hydrogen-bond acceptors (Lipinski definition) is 2. The standard InChI is InChI=1S/C15H13Cl2NO/c1-19-15(10-18-14-5-3-2-4-6-14)11-7-12(16)9-13(17)8-11/h2-10,18H,1H3/b15-10+. The molecule has 0 aliphatic rings. The molecule has 19 heavy (non-hydrogen) atoms. The lowest BCUT2D eigenvalue weighted by molar-refractivity contribution is 0.369. The van der Waals surface area contributed by atoms with Gasteiger partial charge in [-0.2, -0.15) is 0 Å². The van der Waals surface area contributed by atoms with Crippen LogP contribution in [0.2, 0.25) is 10.0 Å². The molecule has 2 rings (SSSR count). The summed E-state index contributed by atoms with van der Waals surface area (Å²) in [5, 5.41) is 4.31. The molecule has 2 nitrogen and oxygen atoms in total. The highest BCUT2D eigenvalue weighted by Crippen LogP contribution is 2.24. The fraction of sp³-hybridized carbons (Fsp3) is 0.0667. The number of hydrogen-bond donors (Lipinski definition) is 1. The second kappa shape index (κ2) is 6.50. The third-order valence-electron chi connectivity index (χ3n) is 2.51. The van der Waals surface area contributed by atoms with Gasteiger partial charge in [0.15, 0.2) is 0 Å². The summed E-state index contributed by atoms with van der Waals surface area (Å²) in [5.74, 6) is 0.660. The maximum absolute atomic E-state index is 5.98. The molecular weight excluding hydrogens is 281 g/mol. The second-order valence-corrected chi connectivity index (χ2v) is 4.75. The van der Waals surface area contributed by atoms with E-state index in [0.29, 0.717) is 15.8 Å². The van der Waals surface area contributed by atoms with Gasteiger partial charge in [0.05, 0.1) is 7.11 Å². The molecule has 2 aromatic rings. The van der Waals surface area contributed by atoms with Gasteiger partial charge in [0.25, 0.3) is 0 Å². The fourth-order valence-corrected chi connectivity index (χ4v) is 2.17. The van der Waals surface area contributed by atoms with Crippen molar-refractivity contribution in [3.8, 4) is 0 Å². The first kappa shape index (κ1) is 13.8. The number of anilines is 1. The van der Waals surface area contributed by atoms with Crippen molar-refractivity contribution >= 4 is 34.6 Å². The van der Waals surface area contributed by atoms with E-state index >= 15 is 0 Å². The van der Waals surface area contributed by atoms with Crippen molar-refractivity contribution in [3.05, 3.63) is 70.3 Å². The van der Waals surface area contributed by atoms with Crippen LogP contribution in [0.1, 0.15) is 5.56 Å². The molecule has 0 unspecified atom stereocenters. The van der Waals surface area contributed by atoms with Crippen LogP contribution in [0.5, 0.6) is 0 Å². The number of para-hydroxylation sites is 1. The number of methoxy groups -OCH3 is 1. The molecule has 0 saturated heterocycles. The van der Waals surface area contributed by atoms with Crippen LogP contribution in [0.3, 0.4) is 0 Å². The number of nitrogens with one attached hydrogen (secondary N) is 1. The van der Waals surface area contributed by atoms with Gasteiger partial charge in [0.1, 0.15) is 5.76 Å². The van der Waals surface area contributed by atoms with E-state index in [-0.39, 0.29) is 0 Å². The van der Waals surface area contributed by atoms with Gasteiger partial charge in [0.2, 0.25) is 0 Å². The molecule has 0 aliphatic heterocycles. The molecule has 98 valence electrons. The highest BCUT2D eigenvalue weighted by molar-refractivity contribution is 6.34. The minimum Gasteiger partial charge on any atom is -0.495 e. The zero-order valence-corrected chi connectivity index (χ0v) is 11.9. The summed E-state index contributed by atoms with van der Waals surface area (Å²) >= 11 is 12.0. The summed E-state index contributed by atoms with van der Waals surface area (Å²) in [6.45, 7) is 0. The van der Waals surface area contributed by atoms with E-state index < -0.39 is 0 Å². The number of ether oxygens (including phenoxy) is 1. The van der Waals surface area contributed by atoms with E-state index in [1.807, 2.05) is 30.3 Å². The Bertz CT molecular complexity index is 562. The Balaban J connectivity index is 2.24. The highest BCUT2D eigenvalue weighted by atomic mass is 35.5. The van der Waals surface area contributed by atoms with Gasteiger partial charge < -0.3 is 10.1 Å². The smallest absolute Gasteiger partial charge is 0.142 e. The van der Waals surface area contributed by atoms with Crippen molar-refractivity contribution in [2.75, 3.05) is 12.4 Å². The van der Waals surface area contributed by atoms with Crippen LogP contribution in [-0.4, -0.2) is 7.11 Å². The third kappa shape index (κ3) is 3.91. The minimum absolute atomic E-state index is 0.574. The maximum atomic E-state index is 5.98. The number of rotatable bonds is 4. The Morgan fingerprint density at radius 2 is 1.68 bits per heavy atom. The van der Waals surface area contributed by atoms with Crippen LogP contribution < -0.4 is 5.32 Å². The van der Waals surface area contributed by atoms with Gasteiger partial charge in [0, 0.05) is 27.5 Å². The first-order valence-corrected chi connectivity index (χ1v) is 6.47. The second-order valence-electron chi connectivity index (χ2n) is 3.88. The number of benzene rings is 2. The molecule has 0 bridgehead atoms. The first-order chi connectivity index (χ1) is 9.19. The van der Waals surface area contributed by atoms with Crippen molar-refractivity contribution in [1.29, 1.82) is 0 Å². The molecule has 0 atom stereocenters. The van der Waals surface area contributed by atoms with Gasteiger partial charge in [-0.3, -0.25) is 0 Å². The summed E-state index contributed by atoms with van der Waals surface area (Å²) in [5.41, 5.74) is 1.80. The molecular formula is C15H13Cl2NO. The largest absolute Gasteiger partial charge is 0.495 e. The maximum Gasteiger partial charge on any atom is 0.142 e. The van der Waals surface area contributed by atoms with Crippen LogP contribution in [0.4, 0.5) is 5.69 Å². The fourth-order valence-electron chi connectivity index (χ4n) is 1.64. The lowest BCUT2D eigenvalue weighted by Gasteiger charge is -2.09. The molecule has 0 fully saturated rings. The predicted molar refractivity (Wildman–Crippen MR) is 81.5 cm³/mol. The van der Waals surface area contributed by atoms with E-state index in [1.165, 1.54) is 0 Å². The van der Waals surface area contributed by atoms with Gasteiger partial charge in [-0.1, -0.05) is 41.4 Å². The quantitative estimate of drug-likeness (QED) is 0.797. The molecule has 4 heteroatoms. The Hall–Kier alpha value is -1.64. The monoisotopic (exact) mass is 293 g/mol. The van der Waals surface area contributed by atoms with Crippen molar-refractivity contribution in [1.82, 2.24) is 0 Å². The molecule has 1 N–H and O–H groups in total. The van der Waals surface area contributed by atoms with Crippen LogP contribution in [-0.2, 0) is 4.74 Å². The van der Waals surface area contributed by atoms with Crippen molar-refractivity contribution in [2.45, 2.75) is 0 Å². The van der Waals surface area contributed by atoms with Crippen molar-refractivity contribution in [3.63, 3.8) is 0 Å². The van der Waals surface area contributed by atoms with Gasteiger partial charge in [-0.05, 0) is 30.3 Å². The van der Waals surface area contributed by atoms with Crippen LogP contribution in [0.15, 0.2) is 54.7 Å². The van der Waals surface area contributed by atoms with E-state index in [0.717, 1.165) is 11.3 Å². The van der Waals surface area contributed by atoms with E-state index in [2.05, 4.69) is 5.32 Å². The van der Waals surface area contributed by atoms with Crippen LogP contribution in [0, 0.1) is 0 Å².